The van der Waals surface area contributed by atoms with E-state index >= 15 is 0 Å². The Kier molecular flexibility index (Phi) is 5.48. The summed E-state index contributed by atoms with van der Waals surface area (Å²) in [5, 5.41) is 3.39. The predicted octanol–water partition coefficient (Wildman–Crippen LogP) is 1.84. The zero-order chi connectivity index (χ0) is 16.8. The Morgan fingerprint density at radius 1 is 1.38 bits per heavy atom. The lowest BCUT2D eigenvalue weighted by Gasteiger charge is -2.36. The first-order valence-corrected chi connectivity index (χ1v) is 8.38. The van der Waals surface area contributed by atoms with Gasteiger partial charge >= 0.3 is 0 Å². The Hall–Kier alpha value is -2.34. The molecule has 1 aliphatic heterocycles. The zero-order valence-corrected chi connectivity index (χ0v) is 14.0. The molecule has 24 heavy (non-hydrogen) atoms. The van der Waals surface area contributed by atoms with Crippen LogP contribution in [-0.2, 0) is 11.3 Å². The standard InChI is InChI=1S/C18H24N4O2/c1-24-16-6-4-15(5-7-16)17-13-19-9-12-22(17)18(23)3-2-10-21-11-8-20-14-21/h4-8,11,14,17,19H,2-3,9-10,12-13H2,1H3/t17-/m1/s1. The van der Waals surface area contributed by atoms with Gasteiger partial charge in [0.05, 0.1) is 19.5 Å². The highest BCUT2D eigenvalue weighted by Gasteiger charge is 2.27. The third kappa shape index (κ3) is 3.94. The smallest absolute Gasteiger partial charge is 0.223 e. The number of imidazole rings is 1. The van der Waals surface area contributed by atoms with Gasteiger partial charge < -0.3 is 19.5 Å². The summed E-state index contributed by atoms with van der Waals surface area (Å²) in [4.78, 5) is 18.7. The lowest BCUT2D eigenvalue weighted by Crippen LogP contribution is -2.48. The van der Waals surface area contributed by atoms with E-state index in [0.29, 0.717) is 6.42 Å². The molecule has 1 N–H and O–H groups in total. The number of carbonyl (C=O) groups excluding carboxylic acids is 1. The molecule has 1 saturated heterocycles. The number of benzene rings is 1. The Bertz CT molecular complexity index is 640. The molecule has 128 valence electrons. The summed E-state index contributed by atoms with van der Waals surface area (Å²) < 4.78 is 7.22. The van der Waals surface area contributed by atoms with Crippen molar-refractivity contribution in [2.75, 3.05) is 26.7 Å². The van der Waals surface area contributed by atoms with Crippen molar-refractivity contribution >= 4 is 5.91 Å². The number of rotatable bonds is 6. The summed E-state index contributed by atoms with van der Waals surface area (Å²) in [6.07, 6.45) is 6.86. The van der Waals surface area contributed by atoms with Gasteiger partial charge in [0.1, 0.15) is 5.75 Å². The first kappa shape index (κ1) is 16.5. The first-order valence-electron chi connectivity index (χ1n) is 8.38. The Balaban J connectivity index is 1.61. The first-order chi connectivity index (χ1) is 11.8. The van der Waals surface area contributed by atoms with Crippen molar-refractivity contribution in [1.82, 2.24) is 19.8 Å². The molecule has 1 atom stereocenters. The van der Waals surface area contributed by atoms with Gasteiger partial charge in [-0.1, -0.05) is 12.1 Å². The molecule has 3 rings (SSSR count). The third-order valence-corrected chi connectivity index (χ3v) is 4.43. The molecule has 0 aliphatic carbocycles. The molecular weight excluding hydrogens is 304 g/mol. The highest BCUT2D eigenvalue weighted by molar-refractivity contribution is 5.77. The Labute approximate surface area is 142 Å². The minimum absolute atomic E-state index is 0.0883. The van der Waals surface area contributed by atoms with Crippen LogP contribution in [-0.4, -0.2) is 47.1 Å². The fraction of sp³-hybridized carbons (Fsp3) is 0.444. The summed E-state index contributed by atoms with van der Waals surface area (Å²) in [6, 6.07) is 8.08. The minimum atomic E-state index is 0.0883. The topological polar surface area (TPSA) is 59.4 Å². The van der Waals surface area contributed by atoms with Gasteiger partial charge in [-0.2, -0.15) is 0 Å². The molecule has 0 radical (unpaired) electrons. The number of amides is 1. The van der Waals surface area contributed by atoms with Crippen LogP contribution in [0.15, 0.2) is 43.0 Å². The molecule has 1 amide bonds. The number of piperazine rings is 1. The van der Waals surface area contributed by atoms with Crippen LogP contribution in [0.4, 0.5) is 0 Å². The summed E-state index contributed by atoms with van der Waals surface area (Å²) in [5.41, 5.74) is 1.14. The quantitative estimate of drug-likeness (QED) is 0.879. The zero-order valence-electron chi connectivity index (χ0n) is 14.0. The largest absolute Gasteiger partial charge is 0.497 e. The second kappa shape index (κ2) is 7.97. The van der Waals surface area contributed by atoms with Gasteiger partial charge in [0.2, 0.25) is 5.91 Å². The van der Waals surface area contributed by atoms with Gasteiger partial charge in [0.15, 0.2) is 0 Å². The number of ether oxygens (including phenoxy) is 1. The molecule has 6 heteroatoms. The van der Waals surface area contributed by atoms with E-state index in [0.717, 1.165) is 43.9 Å². The summed E-state index contributed by atoms with van der Waals surface area (Å²) in [7, 11) is 1.66. The van der Waals surface area contributed by atoms with Gasteiger partial charge in [0.25, 0.3) is 0 Å². The molecular formula is C18H24N4O2. The number of aromatic nitrogens is 2. The fourth-order valence-corrected chi connectivity index (χ4v) is 3.10. The maximum Gasteiger partial charge on any atom is 0.223 e. The van der Waals surface area contributed by atoms with Gasteiger partial charge in [0, 0.05) is 45.0 Å². The van der Waals surface area contributed by atoms with Gasteiger partial charge in [-0.25, -0.2) is 4.98 Å². The molecule has 0 unspecified atom stereocenters. The van der Waals surface area contributed by atoms with Crippen molar-refractivity contribution in [2.45, 2.75) is 25.4 Å². The van der Waals surface area contributed by atoms with Crippen LogP contribution in [0.2, 0.25) is 0 Å². The minimum Gasteiger partial charge on any atom is -0.497 e. The van der Waals surface area contributed by atoms with Crippen molar-refractivity contribution < 1.29 is 9.53 Å². The molecule has 0 bridgehead atoms. The van der Waals surface area contributed by atoms with E-state index in [9.17, 15) is 4.79 Å². The normalized spacial score (nSPS) is 17.7. The average Bonchev–Trinajstić information content (AvgIpc) is 3.15. The number of nitrogens with one attached hydrogen (secondary N) is 1. The maximum atomic E-state index is 12.7. The van der Waals surface area contributed by atoms with E-state index in [2.05, 4.69) is 10.3 Å². The SMILES string of the molecule is COc1ccc([C@H]2CNCCN2C(=O)CCCn2ccnc2)cc1. The molecule has 1 fully saturated rings. The van der Waals surface area contributed by atoms with Crippen LogP contribution in [0.5, 0.6) is 5.75 Å². The van der Waals surface area contributed by atoms with Crippen LogP contribution < -0.4 is 10.1 Å². The van der Waals surface area contributed by atoms with Crippen LogP contribution in [0.3, 0.4) is 0 Å². The summed E-state index contributed by atoms with van der Waals surface area (Å²) in [6.45, 7) is 3.21. The van der Waals surface area contributed by atoms with E-state index in [1.165, 1.54) is 0 Å². The van der Waals surface area contributed by atoms with Crippen molar-refractivity contribution in [3.8, 4) is 5.75 Å². The maximum absolute atomic E-state index is 12.7. The Morgan fingerprint density at radius 3 is 2.92 bits per heavy atom. The third-order valence-electron chi connectivity index (χ3n) is 4.43. The van der Waals surface area contributed by atoms with E-state index < -0.39 is 0 Å². The summed E-state index contributed by atoms with van der Waals surface area (Å²) in [5.74, 6) is 1.05. The number of methoxy groups -OCH3 is 1. The highest BCUT2D eigenvalue weighted by Crippen LogP contribution is 2.25. The van der Waals surface area contributed by atoms with Gasteiger partial charge in [-0.15, -0.1) is 0 Å². The molecule has 1 aromatic heterocycles. The van der Waals surface area contributed by atoms with Crippen LogP contribution >= 0.6 is 0 Å². The molecule has 0 saturated carbocycles. The van der Waals surface area contributed by atoms with E-state index in [1.54, 1.807) is 19.6 Å². The van der Waals surface area contributed by atoms with E-state index in [-0.39, 0.29) is 11.9 Å². The van der Waals surface area contributed by atoms with Crippen molar-refractivity contribution in [2.24, 2.45) is 0 Å². The number of hydrogen-bond acceptors (Lipinski definition) is 4. The van der Waals surface area contributed by atoms with E-state index in [1.807, 2.05) is 39.9 Å². The van der Waals surface area contributed by atoms with E-state index in [4.69, 9.17) is 4.74 Å². The second-order valence-corrected chi connectivity index (χ2v) is 5.98. The van der Waals surface area contributed by atoms with Crippen LogP contribution in [0.1, 0.15) is 24.4 Å². The average molecular weight is 328 g/mol. The van der Waals surface area contributed by atoms with Crippen LogP contribution in [0.25, 0.3) is 0 Å². The summed E-state index contributed by atoms with van der Waals surface area (Å²) >= 11 is 0. The van der Waals surface area contributed by atoms with Gasteiger partial charge in [-0.3, -0.25) is 4.79 Å². The van der Waals surface area contributed by atoms with Crippen molar-refractivity contribution in [3.63, 3.8) is 0 Å². The number of aryl methyl sites for hydroxylation is 1. The number of hydrogen-bond donors (Lipinski definition) is 1. The monoisotopic (exact) mass is 328 g/mol. The van der Waals surface area contributed by atoms with Gasteiger partial charge in [-0.05, 0) is 24.1 Å². The Morgan fingerprint density at radius 2 is 2.21 bits per heavy atom. The highest BCUT2D eigenvalue weighted by atomic mass is 16.5. The fourth-order valence-electron chi connectivity index (χ4n) is 3.10. The number of nitrogens with zero attached hydrogens (tertiary/aromatic N) is 3. The molecule has 1 aliphatic rings. The molecule has 2 heterocycles. The lowest BCUT2D eigenvalue weighted by atomic mass is 10.0. The van der Waals surface area contributed by atoms with Crippen molar-refractivity contribution in [1.29, 1.82) is 0 Å². The van der Waals surface area contributed by atoms with Crippen molar-refractivity contribution in [3.05, 3.63) is 48.5 Å². The second-order valence-electron chi connectivity index (χ2n) is 5.98. The number of carbonyl (C=O) groups is 1. The molecule has 2 aromatic rings. The molecule has 1 aromatic carbocycles. The molecule has 0 spiro atoms. The lowest BCUT2D eigenvalue weighted by molar-refractivity contribution is -0.134. The molecule has 6 nitrogen and oxygen atoms in total. The predicted molar refractivity (Wildman–Crippen MR) is 91.8 cm³/mol. The van der Waals surface area contributed by atoms with Crippen LogP contribution in [0, 0.1) is 0 Å².